The van der Waals surface area contributed by atoms with Crippen LogP contribution in [0.3, 0.4) is 0 Å². The Kier molecular flexibility index (Phi) is 7.67. The quantitative estimate of drug-likeness (QED) is 0.572. The molecule has 0 unspecified atom stereocenters. The smallest absolute Gasteiger partial charge is 0.240 e. The summed E-state index contributed by atoms with van der Waals surface area (Å²) in [6, 6.07) is 7.11. The van der Waals surface area contributed by atoms with Gasteiger partial charge in [0.2, 0.25) is 11.8 Å². The van der Waals surface area contributed by atoms with Crippen LogP contribution in [0.25, 0.3) is 0 Å². The number of nitrogens with one attached hydrogen (secondary N) is 2. The minimum absolute atomic E-state index is 0.116. The van der Waals surface area contributed by atoms with Crippen LogP contribution in [0.15, 0.2) is 29.4 Å². The molecule has 6 heteroatoms. The number of hydrogen-bond acceptors (Lipinski definition) is 4. The lowest BCUT2D eigenvalue weighted by Gasteiger charge is -2.07. The summed E-state index contributed by atoms with van der Waals surface area (Å²) in [4.78, 5) is 23.3. The van der Waals surface area contributed by atoms with E-state index in [1.165, 1.54) is 0 Å². The molecule has 0 aromatic heterocycles. The monoisotopic (exact) mass is 305 g/mol. The van der Waals surface area contributed by atoms with Crippen LogP contribution >= 0.6 is 0 Å². The number of hydrogen-bond donors (Lipinski definition) is 2. The molecule has 0 aliphatic carbocycles. The van der Waals surface area contributed by atoms with Crippen LogP contribution in [0.2, 0.25) is 0 Å². The fourth-order valence-electron chi connectivity index (χ4n) is 1.73. The van der Waals surface area contributed by atoms with E-state index in [4.69, 9.17) is 4.74 Å². The molecule has 2 N–H and O–H groups in total. The molecular formula is C16H23N3O3. The minimum atomic E-state index is -0.197. The SMILES string of the molecule is CCCCC(=O)N/N=C(\C)CC(=O)Nc1cccc(OC)c1. The van der Waals surface area contributed by atoms with Crippen LogP contribution in [0.4, 0.5) is 5.69 Å². The number of benzene rings is 1. The largest absolute Gasteiger partial charge is 0.497 e. The molecule has 0 bridgehead atoms. The van der Waals surface area contributed by atoms with Crippen molar-refractivity contribution < 1.29 is 14.3 Å². The summed E-state index contributed by atoms with van der Waals surface area (Å²) in [6.07, 6.45) is 2.35. The molecule has 0 spiro atoms. The number of ether oxygens (including phenoxy) is 1. The van der Waals surface area contributed by atoms with Crippen molar-refractivity contribution in [2.24, 2.45) is 5.10 Å². The number of rotatable bonds is 8. The van der Waals surface area contributed by atoms with Crippen molar-refractivity contribution in [1.82, 2.24) is 5.43 Å². The van der Waals surface area contributed by atoms with Crippen molar-refractivity contribution in [1.29, 1.82) is 0 Å². The Bertz CT molecular complexity index is 541. The third-order valence-corrected chi connectivity index (χ3v) is 2.90. The predicted octanol–water partition coefficient (Wildman–Crippen LogP) is 2.71. The van der Waals surface area contributed by atoms with E-state index in [1.807, 2.05) is 6.92 Å². The molecular weight excluding hydrogens is 282 g/mol. The van der Waals surface area contributed by atoms with E-state index in [2.05, 4.69) is 15.8 Å². The molecule has 6 nitrogen and oxygen atoms in total. The summed E-state index contributed by atoms with van der Waals surface area (Å²) in [6.45, 7) is 3.72. The number of carbonyl (C=O) groups is 2. The maximum absolute atomic E-state index is 11.9. The molecule has 0 saturated carbocycles. The lowest BCUT2D eigenvalue weighted by Crippen LogP contribution is -2.21. The van der Waals surface area contributed by atoms with Gasteiger partial charge in [-0.25, -0.2) is 5.43 Å². The van der Waals surface area contributed by atoms with E-state index in [0.29, 0.717) is 23.6 Å². The van der Waals surface area contributed by atoms with Gasteiger partial charge < -0.3 is 10.1 Å². The van der Waals surface area contributed by atoms with Crippen molar-refractivity contribution >= 4 is 23.2 Å². The van der Waals surface area contributed by atoms with Gasteiger partial charge in [0, 0.05) is 23.9 Å². The van der Waals surface area contributed by atoms with E-state index >= 15 is 0 Å². The highest BCUT2D eigenvalue weighted by Crippen LogP contribution is 2.16. The van der Waals surface area contributed by atoms with Crippen molar-refractivity contribution in [2.75, 3.05) is 12.4 Å². The first-order chi connectivity index (χ1) is 10.5. The van der Waals surface area contributed by atoms with Crippen molar-refractivity contribution in [3.63, 3.8) is 0 Å². The molecule has 0 saturated heterocycles. The number of nitrogens with zero attached hydrogens (tertiary/aromatic N) is 1. The van der Waals surface area contributed by atoms with Gasteiger partial charge in [0.25, 0.3) is 0 Å². The zero-order valence-corrected chi connectivity index (χ0v) is 13.3. The zero-order valence-electron chi connectivity index (χ0n) is 13.3. The Balaban J connectivity index is 2.44. The summed E-state index contributed by atoms with van der Waals surface area (Å²) in [5.41, 5.74) is 3.66. The van der Waals surface area contributed by atoms with Gasteiger partial charge in [-0.2, -0.15) is 5.10 Å². The van der Waals surface area contributed by atoms with Gasteiger partial charge in [0.15, 0.2) is 0 Å². The second-order valence-electron chi connectivity index (χ2n) is 4.94. The average Bonchev–Trinajstić information content (AvgIpc) is 2.50. The second-order valence-corrected chi connectivity index (χ2v) is 4.94. The molecule has 0 atom stereocenters. The van der Waals surface area contributed by atoms with Crippen molar-refractivity contribution in [3.8, 4) is 5.75 Å². The standard InChI is InChI=1S/C16H23N3O3/c1-4-5-9-15(20)19-18-12(2)10-16(21)17-13-7-6-8-14(11-13)22-3/h6-8,11H,4-5,9-10H2,1-3H3,(H,17,21)(H,19,20)/b18-12+. The zero-order chi connectivity index (χ0) is 16.4. The van der Waals surface area contributed by atoms with Crippen LogP contribution in [-0.4, -0.2) is 24.6 Å². The number of carbonyl (C=O) groups excluding carboxylic acids is 2. The van der Waals surface area contributed by atoms with E-state index < -0.39 is 0 Å². The molecule has 0 aliphatic rings. The first-order valence-corrected chi connectivity index (χ1v) is 7.31. The van der Waals surface area contributed by atoms with Gasteiger partial charge in [-0.1, -0.05) is 19.4 Å². The van der Waals surface area contributed by atoms with E-state index in [9.17, 15) is 9.59 Å². The first-order valence-electron chi connectivity index (χ1n) is 7.31. The molecule has 0 heterocycles. The molecule has 22 heavy (non-hydrogen) atoms. The molecule has 1 aromatic carbocycles. The number of unbranched alkanes of at least 4 members (excludes halogenated alkanes) is 1. The third-order valence-electron chi connectivity index (χ3n) is 2.90. The predicted molar refractivity (Wildman–Crippen MR) is 87.0 cm³/mol. The normalized spacial score (nSPS) is 11.0. The van der Waals surface area contributed by atoms with E-state index in [0.717, 1.165) is 12.8 Å². The third kappa shape index (κ3) is 6.88. The highest BCUT2D eigenvalue weighted by Gasteiger charge is 2.06. The van der Waals surface area contributed by atoms with Gasteiger partial charge in [-0.3, -0.25) is 9.59 Å². The summed E-state index contributed by atoms with van der Waals surface area (Å²) < 4.78 is 5.09. The number of anilines is 1. The molecule has 0 radical (unpaired) electrons. The van der Waals surface area contributed by atoms with Crippen LogP contribution in [0, 0.1) is 0 Å². The Morgan fingerprint density at radius 1 is 1.27 bits per heavy atom. The van der Waals surface area contributed by atoms with Gasteiger partial charge in [0.1, 0.15) is 5.75 Å². The molecule has 2 amide bonds. The van der Waals surface area contributed by atoms with E-state index in [-0.39, 0.29) is 18.2 Å². The molecule has 1 rings (SSSR count). The number of hydrazone groups is 1. The van der Waals surface area contributed by atoms with Crippen LogP contribution in [0.5, 0.6) is 5.75 Å². The average molecular weight is 305 g/mol. The van der Waals surface area contributed by atoms with E-state index in [1.54, 1.807) is 38.3 Å². The maximum atomic E-state index is 11.9. The number of methoxy groups -OCH3 is 1. The van der Waals surface area contributed by atoms with Crippen LogP contribution < -0.4 is 15.5 Å². The highest BCUT2D eigenvalue weighted by molar-refractivity contribution is 6.05. The van der Waals surface area contributed by atoms with Crippen LogP contribution in [-0.2, 0) is 9.59 Å². The molecule has 120 valence electrons. The first kappa shape index (κ1) is 17.7. The fourth-order valence-corrected chi connectivity index (χ4v) is 1.73. The summed E-state index contributed by atoms with van der Waals surface area (Å²) in [5.74, 6) is 0.345. The summed E-state index contributed by atoms with van der Waals surface area (Å²) in [5, 5.41) is 6.68. The van der Waals surface area contributed by atoms with Crippen molar-refractivity contribution in [2.45, 2.75) is 39.5 Å². The Labute approximate surface area is 130 Å². The van der Waals surface area contributed by atoms with Crippen molar-refractivity contribution in [3.05, 3.63) is 24.3 Å². The highest BCUT2D eigenvalue weighted by atomic mass is 16.5. The molecule has 0 aliphatic heterocycles. The number of amides is 2. The Hall–Kier alpha value is -2.37. The molecule has 0 fully saturated rings. The summed E-state index contributed by atoms with van der Waals surface area (Å²) >= 11 is 0. The second kappa shape index (κ2) is 9.55. The van der Waals surface area contributed by atoms with Gasteiger partial charge in [-0.15, -0.1) is 0 Å². The van der Waals surface area contributed by atoms with Gasteiger partial charge in [-0.05, 0) is 25.5 Å². The lowest BCUT2D eigenvalue weighted by atomic mass is 10.2. The Morgan fingerprint density at radius 3 is 2.73 bits per heavy atom. The summed E-state index contributed by atoms with van der Waals surface area (Å²) in [7, 11) is 1.57. The van der Waals surface area contributed by atoms with Gasteiger partial charge >= 0.3 is 0 Å². The maximum Gasteiger partial charge on any atom is 0.240 e. The fraction of sp³-hybridized carbons (Fsp3) is 0.438. The van der Waals surface area contributed by atoms with Gasteiger partial charge in [0.05, 0.1) is 13.5 Å². The minimum Gasteiger partial charge on any atom is -0.497 e. The van der Waals surface area contributed by atoms with Crippen LogP contribution in [0.1, 0.15) is 39.5 Å². The topological polar surface area (TPSA) is 79.8 Å². The lowest BCUT2D eigenvalue weighted by molar-refractivity contribution is -0.121. The Morgan fingerprint density at radius 2 is 2.05 bits per heavy atom. The molecule has 1 aromatic rings.